The van der Waals surface area contributed by atoms with E-state index in [4.69, 9.17) is 0 Å². The van der Waals surface area contributed by atoms with Gasteiger partial charge in [0.2, 0.25) is 5.91 Å². The monoisotopic (exact) mass is 451 g/mol. The Labute approximate surface area is 191 Å². The van der Waals surface area contributed by atoms with E-state index >= 15 is 0 Å². The first kappa shape index (κ1) is 24.5. The minimum Gasteiger partial charge on any atom is -0.508 e. The Morgan fingerprint density at radius 1 is 1.00 bits per heavy atom. The molecule has 4 rings (SSSR count). The van der Waals surface area contributed by atoms with Crippen molar-refractivity contribution in [3.05, 3.63) is 65.7 Å². The van der Waals surface area contributed by atoms with Gasteiger partial charge in [-0.2, -0.15) is 0 Å². The molecular weight excluding hydrogens is 421 g/mol. The van der Waals surface area contributed by atoms with Gasteiger partial charge in [0.1, 0.15) is 5.75 Å². The van der Waals surface area contributed by atoms with Crippen LogP contribution in [-0.4, -0.2) is 41.1 Å². The summed E-state index contributed by atoms with van der Waals surface area (Å²) in [6.45, 7) is 2.77. The lowest BCUT2D eigenvalue weighted by Crippen LogP contribution is -2.49. The van der Waals surface area contributed by atoms with Crippen LogP contribution >= 0.6 is 24.8 Å². The predicted octanol–water partition coefficient (Wildman–Crippen LogP) is 3.81. The van der Waals surface area contributed by atoms with Crippen LogP contribution in [0.25, 0.3) is 0 Å². The smallest absolute Gasteiger partial charge is 0.237 e. The Balaban J connectivity index is 0.00000160. The summed E-state index contributed by atoms with van der Waals surface area (Å²) in [6.07, 6.45) is 3.84. The Morgan fingerprint density at radius 3 is 2.43 bits per heavy atom. The number of rotatable bonds is 5. The van der Waals surface area contributed by atoms with Crippen LogP contribution in [-0.2, 0) is 11.3 Å². The number of likely N-dealkylation sites (tertiary alicyclic amines) is 1. The number of benzene rings is 2. The van der Waals surface area contributed by atoms with E-state index in [-0.39, 0.29) is 48.8 Å². The maximum atomic E-state index is 12.7. The van der Waals surface area contributed by atoms with Gasteiger partial charge in [-0.3, -0.25) is 15.0 Å². The Bertz CT molecular complexity index is 798. The normalized spacial score (nSPS) is 22.0. The highest BCUT2D eigenvalue weighted by Gasteiger charge is 2.31. The molecule has 164 valence electrons. The largest absolute Gasteiger partial charge is 0.508 e. The topological polar surface area (TPSA) is 64.6 Å². The number of carbonyl (C=O) groups is 1. The highest BCUT2D eigenvalue weighted by Crippen LogP contribution is 2.26. The summed E-state index contributed by atoms with van der Waals surface area (Å²) in [5.41, 5.74) is 2.39. The summed E-state index contributed by atoms with van der Waals surface area (Å²) in [5.74, 6) is 0.461. The number of nitrogens with one attached hydrogen (secondary N) is 2. The average Bonchev–Trinajstić information content (AvgIpc) is 3.21. The second-order valence-corrected chi connectivity index (χ2v) is 7.99. The summed E-state index contributed by atoms with van der Waals surface area (Å²) in [4.78, 5) is 15.1. The van der Waals surface area contributed by atoms with Crippen LogP contribution in [0.2, 0.25) is 0 Å². The van der Waals surface area contributed by atoms with Gasteiger partial charge < -0.3 is 10.4 Å². The van der Waals surface area contributed by atoms with Crippen molar-refractivity contribution in [3.8, 4) is 5.75 Å². The van der Waals surface area contributed by atoms with Gasteiger partial charge in [0.05, 0.1) is 6.04 Å². The van der Waals surface area contributed by atoms with Gasteiger partial charge >= 0.3 is 0 Å². The number of hydrogen-bond acceptors (Lipinski definition) is 4. The summed E-state index contributed by atoms with van der Waals surface area (Å²) in [5, 5.41) is 16.4. The van der Waals surface area contributed by atoms with Gasteiger partial charge in [-0.25, -0.2) is 0 Å². The molecule has 2 aliphatic rings. The first-order chi connectivity index (χ1) is 13.7. The highest BCUT2D eigenvalue weighted by molar-refractivity contribution is 5.85. The summed E-state index contributed by atoms with van der Waals surface area (Å²) in [7, 11) is 0. The van der Waals surface area contributed by atoms with E-state index in [1.807, 2.05) is 24.3 Å². The van der Waals surface area contributed by atoms with Crippen LogP contribution in [0, 0.1) is 0 Å². The first-order valence-corrected chi connectivity index (χ1v) is 10.3. The first-order valence-electron chi connectivity index (χ1n) is 10.3. The molecule has 0 aliphatic carbocycles. The molecule has 0 radical (unpaired) electrons. The molecule has 2 fully saturated rings. The summed E-state index contributed by atoms with van der Waals surface area (Å²) >= 11 is 0. The fourth-order valence-electron chi connectivity index (χ4n) is 4.35. The molecule has 1 amide bonds. The fraction of sp³-hybridized carbons (Fsp3) is 0.435. The maximum absolute atomic E-state index is 12.7. The number of phenols is 1. The van der Waals surface area contributed by atoms with E-state index in [0.717, 1.165) is 50.9 Å². The van der Waals surface area contributed by atoms with Crippen molar-refractivity contribution in [2.45, 2.75) is 50.4 Å². The fourth-order valence-corrected chi connectivity index (χ4v) is 4.35. The van der Waals surface area contributed by atoms with E-state index in [0.29, 0.717) is 5.75 Å². The van der Waals surface area contributed by atoms with Crippen molar-refractivity contribution in [1.82, 2.24) is 15.5 Å². The van der Waals surface area contributed by atoms with Gasteiger partial charge in [0.25, 0.3) is 0 Å². The summed E-state index contributed by atoms with van der Waals surface area (Å²) in [6, 6.07) is 18.3. The molecule has 0 aromatic heterocycles. The molecule has 0 unspecified atom stereocenters. The van der Waals surface area contributed by atoms with Crippen molar-refractivity contribution in [3.63, 3.8) is 0 Å². The molecule has 2 saturated heterocycles. The standard InChI is InChI=1S/C23H29N3O2.2ClH/c27-20-8-4-5-17(15-20)16-26-13-11-19(12-14-26)24-23(28)22-10-9-21(25-22)18-6-2-1-3-7-18;;/h1-8,15,19,21-22,25,27H,9-14,16H2,(H,24,28);2*1H/t21-,22-;;/m1../s1. The highest BCUT2D eigenvalue weighted by atomic mass is 35.5. The molecule has 0 spiro atoms. The molecule has 3 N–H and O–H groups in total. The van der Waals surface area contributed by atoms with E-state index in [2.05, 4.69) is 39.8 Å². The van der Waals surface area contributed by atoms with Gasteiger partial charge in [-0.15, -0.1) is 24.8 Å². The number of carbonyl (C=O) groups excluding carboxylic acids is 1. The number of phenolic OH excluding ortho intramolecular Hbond substituents is 1. The molecule has 2 aromatic carbocycles. The molecule has 30 heavy (non-hydrogen) atoms. The lowest BCUT2D eigenvalue weighted by molar-refractivity contribution is -0.123. The van der Waals surface area contributed by atoms with Crippen molar-refractivity contribution < 1.29 is 9.90 Å². The third-order valence-electron chi connectivity index (χ3n) is 5.92. The van der Waals surface area contributed by atoms with Crippen molar-refractivity contribution in [2.24, 2.45) is 0 Å². The molecule has 2 aromatic rings. The predicted molar refractivity (Wildman–Crippen MR) is 124 cm³/mol. The Morgan fingerprint density at radius 2 is 1.73 bits per heavy atom. The van der Waals surface area contributed by atoms with Gasteiger partial charge in [-0.05, 0) is 48.9 Å². The average molecular weight is 452 g/mol. The van der Waals surface area contributed by atoms with Crippen LogP contribution in [0.4, 0.5) is 0 Å². The van der Waals surface area contributed by atoms with Crippen LogP contribution < -0.4 is 10.6 Å². The molecular formula is C23H31Cl2N3O2. The Hall–Kier alpha value is -1.79. The van der Waals surface area contributed by atoms with E-state index in [9.17, 15) is 9.90 Å². The molecule has 5 nitrogen and oxygen atoms in total. The zero-order valence-corrected chi connectivity index (χ0v) is 18.6. The quantitative estimate of drug-likeness (QED) is 0.646. The van der Waals surface area contributed by atoms with Gasteiger partial charge in [0.15, 0.2) is 0 Å². The molecule has 0 bridgehead atoms. The van der Waals surface area contributed by atoms with Gasteiger partial charge in [-0.1, -0.05) is 42.5 Å². The van der Waals surface area contributed by atoms with Crippen molar-refractivity contribution in [1.29, 1.82) is 0 Å². The van der Waals surface area contributed by atoms with Crippen LogP contribution in [0.3, 0.4) is 0 Å². The number of aromatic hydroxyl groups is 1. The molecule has 2 aliphatic heterocycles. The van der Waals surface area contributed by atoms with E-state index in [1.54, 1.807) is 6.07 Å². The number of nitrogens with zero attached hydrogens (tertiary/aromatic N) is 1. The minimum atomic E-state index is -0.0875. The molecule has 2 heterocycles. The minimum absolute atomic E-state index is 0. The lowest BCUT2D eigenvalue weighted by Gasteiger charge is -2.33. The summed E-state index contributed by atoms with van der Waals surface area (Å²) < 4.78 is 0. The van der Waals surface area contributed by atoms with Crippen LogP contribution in [0.5, 0.6) is 5.75 Å². The van der Waals surface area contributed by atoms with Gasteiger partial charge in [0, 0.05) is 31.7 Å². The number of piperidine rings is 1. The van der Waals surface area contributed by atoms with E-state index < -0.39 is 0 Å². The molecule has 0 saturated carbocycles. The van der Waals surface area contributed by atoms with E-state index in [1.165, 1.54) is 5.56 Å². The second-order valence-electron chi connectivity index (χ2n) is 7.99. The van der Waals surface area contributed by atoms with Crippen LogP contribution in [0.15, 0.2) is 54.6 Å². The van der Waals surface area contributed by atoms with Crippen LogP contribution in [0.1, 0.15) is 42.9 Å². The zero-order chi connectivity index (χ0) is 19.3. The lowest BCUT2D eigenvalue weighted by atomic mass is 10.0. The second kappa shape index (κ2) is 11.6. The number of hydrogen-bond donors (Lipinski definition) is 3. The number of halogens is 2. The maximum Gasteiger partial charge on any atom is 0.237 e. The van der Waals surface area contributed by atoms with Crippen molar-refractivity contribution in [2.75, 3.05) is 13.1 Å². The number of amides is 1. The Kier molecular flexibility index (Phi) is 9.43. The zero-order valence-electron chi connectivity index (χ0n) is 17.0. The third-order valence-corrected chi connectivity index (χ3v) is 5.92. The molecule has 7 heteroatoms. The molecule has 2 atom stereocenters. The SMILES string of the molecule is Cl.Cl.O=C(NC1CCN(Cc2cccc(O)c2)CC1)[C@H]1CC[C@H](c2ccccc2)N1. The third kappa shape index (κ3) is 6.35. The van der Waals surface area contributed by atoms with Crippen molar-refractivity contribution >= 4 is 30.7 Å².